The fourth-order valence-corrected chi connectivity index (χ4v) is 5.55. The lowest BCUT2D eigenvalue weighted by molar-refractivity contribution is -0.122. The van der Waals surface area contributed by atoms with E-state index >= 15 is 0 Å². The van der Waals surface area contributed by atoms with Crippen molar-refractivity contribution in [3.8, 4) is 11.5 Å². The molecule has 3 aromatic carbocycles. The summed E-state index contributed by atoms with van der Waals surface area (Å²) in [6.45, 7) is 8.51. The van der Waals surface area contributed by atoms with Crippen LogP contribution in [-0.2, 0) is 16.2 Å². The molecule has 9 heteroatoms. The summed E-state index contributed by atoms with van der Waals surface area (Å²) in [6, 6.07) is 14.2. The van der Waals surface area contributed by atoms with Crippen LogP contribution < -0.4 is 19.7 Å². The number of rotatable bonds is 7. The molecule has 4 rings (SSSR count). The van der Waals surface area contributed by atoms with Gasteiger partial charge in [0.25, 0.3) is 11.8 Å². The number of barbiturate groups is 1. The number of amides is 4. The highest BCUT2D eigenvalue weighted by molar-refractivity contribution is 14.1. The largest absolute Gasteiger partial charge is 0.490 e. The molecule has 0 spiro atoms. The zero-order chi connectivity index (χ0) is 27.6. The van der Waals surface area contributed by atoms with Crippen molar-refractivity contribution >= 4 is 68.1 Å². The lowest BCUT2D eigenvalue weighted by atomic mass is 10.1. The SMILES string of the molecule is CCOc1cc(/C=C2/C(=O)NC(=O)N(c3ccc(Br)cc3C)C2=O)cc(I)c1OCc1cc(C)cc(C)c1. The van der Waals surface area contributed by atoms with Gasteiger partial charge in [-0.2, -0.15) is 0 Å². The van der Waals surface area contributed by atoms with E-state index in [-0.39, 0.29) is 5.57 Å². The molecule has 0 bridgehead atoms. The van der Waals surface area contributed by atoms with Crippen LogP contribution in [0, 0.1) is 24.3 Å². The second kappa shape index (κ2) is 11.7. The van der Waals surface area contributed by atoms with Gasteiger partial charge in [-0.3, -0.25) is 14.9 Å². The number of aryl methyl sites for hydroxylation is 3. The van der Waals surface area contributed by atoms with Crippen LogP contribution in [0.5, 0.6) is 11.5 Å². The fourth-order valence-electron chi connectivity index (χ4n) is 4.29. The molecule has 0 aliphatic carbocycles. The number of hydrogen-bond acceptors (Lipinski definition) is 5. The van der Waals surface area contributed by atoms with Gasteiger partial charge in [-0.1, -0.05) is 45.3 Å². The third-order valence-electron chi connectivity index (χ3n) is 5.81. The van der Waals surface area contributed by atoms with Crippen molar-refractivity contribution in [1.82, 2.24) is 5.32 Å². The third-order valence-corrected chi connectivity index (χ3v) is 7.10. The summed E-state index contributed by atoms with van der Waals surface area (Å²) >= 11 is 5.53. The molecule has 0 radical (unpaired) electrons. The van der Waals surface area contributed by atoms with Crippen molar-refractivity contribution in [3.63, 3.8) is 0 Å². The van der Waals surface area contributed by atoms with Crippen LogP contribution in [0.2, 0.25) is 0 Å². The lowest BCUT2D eigenvalue weighted by Gasteiger charge is -2.27. The third kappa shape index (κ3) is 6.10. The molecule has 0 aromatic heterocycles. The van der Waals surface area contributed by atoms with Crippen molar-refractivity contribution in [1.29, 1.82) is 0 Å². The first-order valence-electron chi connectivity index (χ1n) is 11.9. The van der Waals surface area contributed by atoms with Crippen LogP contribution in [0.25, 0.3) is 6.08 Å². The number of carbonyl (C=O) groups is 3. The Balaban J connectivity index is 1.67. The molecule has 196 valence electrons. The monoisotopic (exact) mass is 688 g/mol. The zero-order valence-corrected chi connectivity index (χ0v) is 25.1. The fraction of sp³-hybridized carbons (Fsp3) is 0.207. The lowest BCUT2D eigenvalue weighted by Crippen LogP contribution is -2.54. The number of ether oxygens (including phenoxy) is 2. The predicted octanol–water partition coefficient (Wildman–Crippen LogP) is 6.62. The quantitative estimate of drug-likeness (QED) is 0.171. The van der Waals surface area contributed by atoms with E-state index in [1.807, 2.05) is 20.8 Å². The van der Waals surface area contributed by atoms with Gasteiger partial charge in [0.05, 0.1) is 15.9 Å². The molecule has 1 aliphatic rings. The summed E-state index contributed by atoms with van der Waals surface area (Å²) in [7, 11) is 0. The van der Waals surface area contributed by atoms with E-state index < -0.39 is 17.8 Å². The maximum atomic E-state index is 13.4. The average molecular weight is 689 g/mol. The zero-order valence-electron chi connectivity index (χ0n) is 21.4. The standard InChI is InChI=1S/C29H26BrIN2O5/c1-5-37-25-14-19(13-23(31)26(25)38-15-20-9-16(2)8-17(3)10-20)12-22-27(34)32-29(36)33(28(22)35)24-7-6-21(30)11-18(24)4/h6-14H,5,15H2,1-4H3,(H,32,34,36)/b22-12-. The Bertz CT molecular complexity index is 1460. The van der Waals surface area contributed by atoms with E-state index in [2.05, 4.69) is 62.0 Å². The molecule has 0 saturated carbocycles. The van der Waals surface area contributed by atoms with Gasteiger partial charge in [0.1, 0.15) is 12.2 Å². The molecule has 1 N–H and O–H groups in total. The molecule has 1 saturated heterocycles. The van der Waals surface area contributed by atoms with Gasteiger partial charge in [0.15, 0.2) is 11.5 Å². The molecule has 3 aromatic rings. The second-order valence-electron chi connectivity index (χ2n) is 8.94. The first-order valence-corrected chi connectivity index (χ1v) is 13.8. The van der Waals surface area contributed by atoms with E-state index in [4.69, 9.17) is 9.47 Å². The van der Waals surface area contributed by atoms with E-state index in [1.165, 1.54) is 6.08 Å². The van der Waals surface area contributed by atoms with Gasteiger partial charge in [-0.05, 0) is 103 Å². The highest BCUT2D eigenvalue weighted by Gasteiger charge is 2.37. The summed E-state index contributed by atoms with van der Waals surface area (Å²) in [5, 5.41) is 2.27. The smallest absolute Gasteiger partial charge is 0.335 e. The summed E-state index contributed by atoms with van der Waals surface area (Å²) in [5.74, 6) is -0.382. The molecule has 0 unspecified atom stereocenters. The number of halogens is 2. The Morgan fingerprint density at radius 1 is 0.974 bits per heavy atom. The van der Waals surface area contributed by atoms with Gasteiger partial charge in [-0.15, -0.1) is 0 Å². The summed E-state index contributed by atoms with van der Waals surface area (Å²) in [4.78, 5) is 39.7. The molecule has 0 atom stereocenters. The molecule has 7 nitrogen and oxygen atoms in total. The molecular formula is C29H26BrIN2O5. The number of nitrogens with zero attached hydrogens (tertiary/aromatic N) is 1. The summed E-state index contributed by atoms with van der Waals surface area (Å²) in [6.07, 6.45) is 1.46. The number of hydrogen-bond donors (Lipinski definition) is 1. The van der Waals surface area contributed by atoms with Crippen LogP contribution in [-0.4, -0.2) is 24.5 Å². The van der Waals surface area contributed by atoms with Crippen LogP contribution in [0.3, 0.4) is 0 Å². The number of imide groups is 2. The van der Waals surface area contributed by atoms with Gasteiger partial charge >= 0.3 is 6.03 Å². The summed E-state index contributed by atoms with van der Waals surface area (Å²) in [5.41, 5.74) is 4.87. The van der Waals surface area contributed by atoms with Crippen LogP contribution in [0.1, 0.15) is 34.7 Å². The number of nitrogens with one attached hydrogen (secondary N) is 1. The Kier molecular flexibility index (Phi) is 8.57. The van der Waals surface area contributed by atoms with Crippen molar-refractivity contribution in [2.24, 2.45) is 0 Å². The minimum absolute atomic E-state index is 0.158. The Morgan fingerprint density at radius 3 is 2.34 bits per heavy atom. The Morgan fingerprint density at radius 2 is 1.68 bits per heavy atom. The molecule has 1 heterocycles. The highest BCUT2D eigenvalue weighted by Crippen LogP contribution is 2.36. The van der Waals surface area contributed by atoms with E-state index in [1.54, 1.807) is 37.3 Å². The van der Waals surface area contributed by atoms with E-state index in [0.29, 0.717) is 41.5 Å². The van der Waals surface area contributed by atoms with Gasteiger partial charge in [0, 0.05) is 4.47 Å². The number of benzene rings is 3. The second-order valence-corrected chi connectivity index (χ2v) is 11.0. The molecule has 1 aliphatic heterocycles. The molecule has 4 amide bonds. The van der Waals surface area contributed by atoms with Crippen molar-refractivity contribution in [3.05, 3.63) is 90.0 Å². The minimum Gasteiger partial charge on any atom is -0.490 e. The Hall–Kier alpha value is -3.18. The molecular weight excluding hydrogens is 663 g/mol. The first-order chi connectivity index (χ1) is 18.1. The maximum Gasteiger partial charge on any atom is 0.335 e. The molecule has 38 heavy (non-hydrogen) atoms. The Labute approximate surface area is 243 Å². The van der Waals surface area contributed by atoms with E-state index in [0.717, 1.165) is 29.6 Å². The van der Waals surface area contributed by atoms with Crippen LogP contribution >= 0.6 is 38.5 Å². The van der Waals surface area contributed by atoms with Crippen LogP contribution in [0.4, 0.5) is 10.5 Å². The number of anilines is 1. The number of carbonyl (C=O) groups excluding carboxylic acids is 3. The normalized spacial score (nSPS) is 14.6. The highest BCUT2D eigenvalue weighted by atomic mass is 127. The first kappa shape index (κ1) is 27.8. The number of urea groups is 1. The van der Waals surface area contributed by atoms with Crippen molar-refractivity contribution in [2.45, 2.75) is 34.3 Å². The maximum absolute atomic E-state index is 13.4. The van der Waals surface area contributed by atoms with Crippen molar-refractivity contribution in [2.75, 3.05) is 11.5 Å². The van der Waals surface area contributed by atoms with Crippen LogP contribution in [0.15, 0.2) is 58.6 Å². The summed E-state index contributed by atoms with van der Waals surface area (Å²) < 4.78 is 13.6. The van der Waals surface area contributed by atoms with Crippen molar-refractivity contribution < 1.29 is 23.9 Å². The minimum atomic E-state index is -0.790. The predicted molar refractivity (Wildman–Crippen MR) is 158 cm³/mol. The van der Waals surface area contributed by atoms with Gasteiger partial charge in [0.2, 0.25) is 0 Å². The van der Waals surface area contributed by atoms with E-state index in [9.17, 15) is 14.4 Å². The van der Waals surface area contributed by atoms with Gasteiger partial charge in [-0.25, -0.2) is 9.69 Å². The topological polar surface area (TPSA) is 84.9 Å². The average Bonchev–Trinajstić information content (AvgIpc) is 2.82. The molecule has 1 fully saturated rings. The van der Waals surface area contributed by atoms with Gasteiger partial charge < -0.3 is 9.47 Å².